The van der Waals surface area contributed by atoms with E-state index in [0.29, 0.717) is 11.8 Å². The average Bonchev–Trinajstić information content (AvgIpc) is 3.11. The largest absolute Gasteiger partial charge is 0.497 e. The highest BCUT2D eigenvalue weighted by Crippen LogP contribution is 2.33. The van der Waals surface area contributed by atoms with Crippen LogP contribution in [0.2, 0.25) is 0 Å². The summed E-state index contributed by atoms with van der Waals surface area (Å²) >= 11 is 1.78. The van der Waals surface area contributed by atoms with Gasteiger partial charge in [-0.15, -0.1) is 10.2 Å². The SMILES string of the molecule is COc1ccc(-c2nnc(SCCC(C)C)n2-c2ccccc2C(C)C)cc1. The lowest BCUT2D eigenvalue weighted by atomic mass is 10.0. The molecular weight excluding hydrogens is 366 g/mol. The molecule has 4 nitrogen and oxygen atoms in total. The Morgan fingerprint density at radius 2 is 1.68 bits per heavy atom. The number of nitrogens with zero attached hydrogens (tertiary/aromatic N) is 3. The zero-order valence-electron chi connectivity index (χ0n) is 17.3. The number of methoxy groups -OCH3 is 1. The number of ether oxygens (including phenoxy) is 1. The molecule has 2 aromatic carbocycles. The Kier molecular flexibility index (Phi) is 6.79. The van der Waals surface area contributed by atoms with Gasteiger partial charge >= 0.3 is 0 Å². The number of benzene rings is 2. The Hall–Kier alpha value is -2.27. The van der Waals surface area contributed by atoms with Crippen LogP contribution in [0.1, 0.15) is 45.6 Å². The second-order valence-corrected chi connectivity index (χ2v) is 8.68. The molecule has 0 atom stereocenters. The molecule has 0 fully saturated rings. The summed E-state index contributed by atoms with van der Waals surface area (Å²) in [6.45, 7) is 8.95. The molecule has 0 saturated heterocycles. The molecule has 0 aliphatic heterocycles. The van der Waals surface area contributed by atoms with E-state index < -0.39 is 0 Å². The molecule has 3 rings (SSSR count). The van der Waals surface area contributed by atoms with Crippen molar-refractivity contribution in [2.45, 2.75) is 45.2 Å². The van der Waals surface area contributed by atoms with E-state index in [1.54, 1.807) is 18.9 Å². The minimum atomic E-state index is 0.413. The third-order valence-corrected chi connectivity index (χ3v) is 5.67. The van der Waals surface area contributed by atoms with Crippen LogP contribution in [-0.4, -0.2) is 27.6 Å². The molecule has 1 aromatic heterocycles. The van der Waals surface area contributed by atoms with Crippen molar-refractivity contribution in [1.29, 1.82) is 0 Å². The van der Waals surface area contributed by atoms with E-state index in [9.17, 15) is 0 Å². The van der Waals surface area contributed by atoms with Gasteiger partial charge in [0.25, 0.3) is 0 Å². The minimum Gasteiger partial charge on any atom is -0.497 e. The van der Waals surface area contributed by atoms with Crippen LogP contribution in [0.25, 0.3) is 17.1 Å². The summed E-state index contributed by atoms with van der Waals surface area (Å²) in [5.74, 6) is 3.82. The molecular formula is C23H29N3OS. The number of rotatable bonds is 8. The highest BCUT2D eigenvalue weighted by Gasteiger charge is 2.19. The summed E-state index contributed by atoms with van der Waals surface area (Å²) in [6, 6.07) is 16.6. The van der Waals surface area contributed by atoms with E-state index in [1.165, 1.54) is 5.56 Å². The second-order valence-electron chi connectivity index (χ2n) is 7.61. The third-order valence-electron chi connectivity index (χ3n) is 4.71. The third kappa shape index (κ3) is 4.58. The van der Waals surface area contributed by atoms with E-state index in [1.807, 2.05) is 24.3 Å². The highest BCUT2D eigenvalue weighted by molar-refractivity contribution is 7.99. The summed E-state index contributed by atoms with van der Waals surface area (Å²) in [5.41, 5.74) is 3.48. The maximum atomic E-state index is 5.30. The van der Waals surface area contributed by atoms with Crippen molar-refractivity contribution in [3.05, 3.63) is 54.1 Å². The smallest absolute Gasteiger partial charge is 0.196 e. The van der Waals surface area contributed by atoms with Crippen molar-refractivity contribution in [1.82, 2.24) is 14.8 Å². The predicted octanol–water partition coefficient (Wildman–Crippen LogP) is 6.20. The summed E-state index contributed by atoms with van der Waals surface area (Å²) in [4.78, 5) is 0. The summed E-state index contributed by atoms with van der Waals surface area (Å²) in [5, 5.41) is 10.1. The van der Waals surface area contributed by atoms with Gasteiger partial charge < -0.3 is 4.74 Å². The molecule has 0 N–H and O–H groups in total. The van der Waals surface area contributed by atoms with Gasteiger partial charge in [-0.3, -0.25) is 4.57 Å². The van der Waals surface area contributed by atoms with Gasteiger partial charge in [-0.1, -0.05) is 57.7 Å². The normalized spacial score (nSPS) is 11.4. The van der Waals surface area contributed by atoms with Crippen LogP contribution in [-0.2, 0) is 0 Å². The lowest BCUT2D eigenvalue weighted by Crippen LogP contribution is -2.05. The van der Waals surface area contributed by atoms with Gasteiger partial charge in [-0.2, -0.15) is 0 Å². The average molecular weight is 396 g/mol. The molecule has 0 aliphatic carbocycles. The van der Waals surface area contributed by atoms with Crippen molar-refractivity contribution in [2.75, 3.05) is 12.9 Å². The minimum absolute atomic E-state index is 0.413. The molecule has 0 saturated carbocycles. The fourth-order valence-electron chi connectivity index (χ4n) is 3.07. The quantitative estimate of drug-likeness (QED) is 0.425. The molecule has 0 unspecified atom stereocenters. The maximum Gasteiger partial charge on any atom is 0.196 e. The maximum absolute atomic E-state index is 5.30. The van der Waals surface area contributed by atoms with Gasteiger partial charge in [-0.05, 0) is 54.2 Å². The molecule has 1 heterocycles. The fourth-order valence-corrected chi connectivity index (χ4v) is 4.26. The fraction of sp³-hybridized carbons (Fsp3) is 0.391. The lowest BCUT2D eigenvalue weighted by Gasteiger charge is -2.17. The van der Waals surface area contributed by atoms with Gasteiger partial charge in [0.05, 0.1) is 12.8 Å². The Morgan fingerprint density at radius 3 is 2.32 bits per heavy atom. The van der Waals surface area contributed by atoms with Gasteiger partial charge in [0.1, 0.15) is 5.75 Å². The summed E-state index contributed by atoms with van der Waals surface area (Å²) < 4.78 is 7.51. The van der Waals surface area contributed by atoms with Gasteiger partial charge in [0, 0.05) is 11.3 Å². The van der Waals surface area contributed by atoms with E-state index in [-0.39, 0.29) is 0 Å². The summed E-state index contributed by atoms with van der Waals surface area (Å²) in [6.07, 6.45) is 1.15. The first kappa shape index (κ1) is 20.5. The van der Waals surface area contributed by atoms with Crippen LogP contribution in [0, 0.1) is 5.92 Å². The summed E-state index contributed by atoms with van der Waals surface area (Å²) in [7, 11) is 1.68. The van der Waals surface area contributed by atoms with E-state index in [2.05, 4.69) is 66.7 Å². The number of hydrogen-bond donors (Lipinski definition) is 0. The van der Waals surface area contributed by atoms with Crippen LogP contribution in [0.3, 0.4) is 0 Å². The van der Waals surface area contributed by atoms with Gasteiger partial charge in [0.15, 0.2) is 11.0 Å². The van der Waals surface area contributed by atoms with Crippen LogP contribution >= 0.6 is 11.8 Å². The van der Waals surface area contributed by atoms with Crippen molar-refractivity contribution in [3.63, 3.8) is 0 Å². The number of thioether (sulfide) groups is 1. The predicted molar refractivity (Wildman–Crippen MR) is 118 cm³/mol. The molecule has 0 aliphatic rings. The van der Waals surface area contributed by atoms with Gasteiger partial charge in [-0.25, -0.2) is 0 Å². The first-order valence-electron chi connectivity index (χ1n) is 9.83. The Labute approximate surface area is 172 Å². The number of aromatic nitrogens is 3. The van der Waals surface area contributed by atoms with Crippen LogP contribution < -0.4 is 4.74 Å². The molecule has 5 heteroatoms. The first-order valence-corrected chi connectivity index (χ1v) is 10.8. The Bertz CT molecular complexity index is 900. The van der Waals surface area contributed by atoms with Crippen LogP contribution in [0.5, 0.6) is 5.75 Å². The van der Waals surface area contributed by atoms with Crippen molar-refractivity contribution >= 4 is 11.8 Å². The molecule has 0 amide bonds. The number of para-hydroxylation sites is 1. The number of hydrogen-bond acceptors (Lipinski definition) is 4. The van der Waals surface area contributed by atoms with Crippen molar-refractivity contribution in [2.24, 2.45) is 5.92 Å². The molecule has 3 aromatic rings. The molecule has 0 spiro atoms. The van der Waals surface area contributed by atoms with E-state index in [4.69, 9.17) is 4.74 Å². The van der Waals surface area contributed by atoms with E-state index in [0.717, 1.165) is 40.2 Å². The highest BCUT2D eigenvalue weighted by atomic mass is 32.2. The lowest BCUT2D eigenvalue weighted by molar-refractivity contribution is 0.415. The standard InChI is InChI=1S/C23H29N3OS/c1-16(2)14-15-28-23-25-24-22(18-10-12-19(27-5)13-11-18)26(23)21-9-7-6-8-20(21)17(3)4/h6-13,16-17H,14-15H2,1-5H3. The van der Waals surface area contributed by atoms with E-state index >= 15 is 0 Å². The second kappa shape index (κ2) is 9.28. The van der Waals surface area contributed by atoms with Crippen molar-refractivity contribution < 1.29 is 4.74 Å². The first-order chi connectivity index (χ1) is 13.5. The monoisotopic (exact) mass is 395 g/mol. The molecule has 148 valence electrons. The Morgan fingerprint density at radius 1 is 0.964 bits per heavy atom. The zero-order chi connectivity index (χ0) is 20.1. The topological polar surface area (TPSA) is 39.9 Å². The van der Waals surface area contributed by atoms with Crippen LogP contribution in [0.15, 0.2) is 53.7 Å². The van der Waals surface area contributed by atoms with Gasteiger partial charge in [0.2, 0.25) is 0 Å². The molecule has 28 heavy (non-hydrogen) atoms. The zero-order valence-corrected chi connectivity index (χ0v) is 18.2. The van der Waals surface area contributed by atoms with Crippen LogP contribution in [0.4, 0.5) is 0 Å². The van der Waals surface area contributed by atoms with Crippen molar-refractivity contribution in [3.8, 4) is 22.8 Å². The molecule has 0 bridgehead atoms. The molecule has 0 radical (unpaired) electrons. The Balaban J connectivity index is 2.09.